The second-order valence-corrected chi connectivity index (χ2v) is 9.82. The molecule has 1 aromatic carbocycles. The van der Waals surface area contributed by atoms with Gasteiger partial charge in [-0.05, 0) is 30.5 Å². The van der Waals surface area contributed by atoms with Crippen molar-refractivity contribution in [2.75, 3.05) is 31.1 Å². The highest BCUT2D eigenvalue weighted by Gasteiger charge is 2.27. The lowest BCUT2D eigenvalue weighted by Crippen LogP contribution is -2.50. The van der Waals surface area contributed by atoms with Crippen LogP contribution < -0.4 is 10.6 Å². The Morgan fingerprint density at radius 3 is 2.50 bits per heavy atom. The van der Waals surface area contributed by atoms with Crippen molar-refractivity contribution in [1.82, 2.24) is 19.7 Å². The monoisotopic (exact) mass is 470 g/mol. The fourth-order valence-electron chi connectivity index (χ4n) is 3.68. The zero-order chi connectivity index (χ0) is 22.5. The summed E-state index contributed by atoms with van der Waals surface area (Å²) in [5, 5.41) is 10.9. The number of hydrogen-bond donors (Lipinski definition) is 1. The van der Waals surface area contributed by atoms with Crippen molar-refractivity contribution >= 4 is 40.6 Å². The van der Waals surface area contributed by atoms with Crippen molar-refractivity contribution in [1.29, 1.82) is 0 Å². The maximum Gasteiger partial charge on any atom is 0.236 e. The molecule has 8 nitrogen and oxygen atoms in total. The Hall–Kier alpha value is -2.85. The summed E-state index contributed by atoms with van der Waals surface area (Å²) in [7, 11) is 0. The minimum absolute atomic E-state index is 0.0878. The second kappa shape index (κ2) is 10.2. The molecule has 3 heterocycles. The van der Waals surface area contributed by atoms with Crippen molar-refractivity contribution < 1.29 is 9.59 Å². The zero-order valence-corrected chi connectivity index (χ0v) is 19.5. The van der Waals surface area contributed by atoms with E-state index >= 15 is 0 Å². The second-order valence-electron chi connectivity index (χ2n) is 7.56. The number of carbonyl (C=O) groups excluding carboxylic acids is 2. The Balaban J connectivity index is 1.41. The van der Waals surface area contributed by atoms with Crippen molar-refractivity contribution in [3.05, 3.63) is 47.8 Å². The van der Waals surface area contributed by atoms with Gasteiger partial charge in [0.05, 0.1) is 10.1 Å². The molecule has 32 heavy (non-hydrogen) atoms. The largest absolute Gasteiger partial charge is 0.370 e. The number of thioether (sulfide) groups is 1. The minimum Gasteiger partial charge on any atom is -0.370 e. The van der Waals surface area contributed by atoms with Gasteiger partial charge >= 0.3 is 0 Å². The topological polar surface area (TPSA) is 97.3 Å². The molecule has 0 bridgehead atoms. The number of hydrogen-bond acceptors (Lipinski definition) is 7. The zero-order valence-electron chi connectivity index (χ0n) is 17.9. The summed E-state index contributed by atoms with van der Waals surface area (Å²) in [6, 6.07) is 14.2. The molecule has 1 atom stereocenters. The molecular weight excluding hydrogens is 444 g/mol. The van der Waals surface area contributed by atoms with Crippen LogP contribution in [-0.2, 0) is 16.1 Å². The summed E-state index contributed by atoms with van der Waals surface area (Å²) in [6.45, 7) is 5.28. The van der Waals surface area contributed by atoms with Gasteiger partial charge in [-0.2, -0.15) is 0 Å². The molecule has 0 aliphatic carbocycles. The van der Waals surface area contributed by atoms with Gasteiger partial charge < -0.3 is 20.1 Å². The van der Waals surface area contributed by atoms with E-state index in [4.69, 9.17) is 5.73 Å². The van der Waals surface area contributed by atoms with Crippen LogP contribution in [0.1, 0.15) is 13.3 Å². The van der Waals surface area contributed by atoms with Gasteiger partial charge in [0.2, 0.25) is 11.8 Å². The van der Waals surface area contributed by atoms with E-state index in [2.05, 4.69) is 27.2 Å². The Labute approximate surface area is 195 Å². The number of amides is 2. The summed E-state index contributed by atoms with van der Waals surface area (Å²) in [4.78, 5) is 29.7. The molecule has 1 aliphatic rings. The minimum atomic E-state index is -0.382. The van der Waals surface area contributed by atoms with E-state index < -0.39 is 0 Å². The highest BCUT2D eigenvalue weighted by atomic mass is 32.2. The lowest BCUT2D eigenvalue weighted by molar-refractivity contribution is -0.130. The van der Waals surface area contributed by atoms with Crippen molar-refractivity contribution in [3.8, 4) is 10.7 Å². The van der Waals surface area contributed by atoms with Crippen molar-refractivity contribution in [2.45, 2.75) is 30.3 Å². The summed E-state index contributed by atoms with van der Waals surface area (Å²) in [5.41, 5.74) is 6.55. The van der Waals surface area contributed by atoms with Crippen LogP contribution in [0.5, 0.6) is 0 Å². The molecule has 1 unspecified atom stereocenters. The van der Waals surface area contributed by atoms with E-state index in [1.165, 1.54) is 17.4 Å². The molecule has 0 saturated carbocycles. The highest BCUT2D eigenvalue weighted by molar-refractivity contribution is 8.00. The molecule has 2 amide bonds. The van der Waals surface area contributed by atoms with Gasteiger partial charge in [0.15, 0.2) is 11.0 Å². The fraction of sp³-hybridized carbons (Fsp3) is 0.364. The van der Waals surface area contributed by atoms with Crippen LogP contribution in [-0.4, -0.2) is 62.9 Å². The van der Waals surface area contributed by atoms with Crippen LogP contribution >= 0.6 is 23.1 Å². The average molecular weight is 471 g/mol. The molecule has 0 radical (unpaired) electrons. The van der Waals surface area contributed by atoms with Crippen molar-refractivity contribution in [3.63, 3.8) is 0 Å². The van der Waals surface area contributed by atoms with E-state index in [0.29, 0.717) is 30.6 Å². The third-order valence-electron chi connectivity index (χ3n) is 5.38. The third-order valence-corrected chi connectivity index (χ3v) is 7.32. The van der Waals surface area contributed by atoms with Crippen LogP contribution in [0.25, 0.3) is 10.7 Å². The molecule has 0 spiro atoms. The van der Waals surface area contributed by atoms with Crippen LogP contribution in [0.4, 0.5) is 5.69 Å². The normalized spacial score (nSPS) is 15.0. The first-order valence-electron chi connectivity index (χ1n) is 10.5. The molecule has 168 valence electrons. The number of anilines is 1. The standard InChI is InChI=1S/C22H26N6O2S2/c1-16(21(30)27-13-11-26(12-14-27)17-6-3-2-4-7-17)32-22-25-24-20(18-8-5-15-31-18)28(22)10-9-19(23)29/h2-8,15-16H,9-14H2,1H3,(H2,23,29). The average Bonchev–Trinajstić information content (AvgIpc) is 3.48. The Kier molecular flexibility index (Phi) is 7.11. The van der Waals surface area contributed by atoms with Gasteiger partial charge in [-0.3, -0.25) is 9.59 Å². The quantitative estimate of drug-likeness (QED) is 0.509. The van der Waals surface area contributed by atoms with Gasteiger partial charge in [0, 0.05) is 44.8 Å². The van der Waals surface area contributed by atoms with Gasteiger partial charge in [0.25, 0.3) is 0 Å². The predicted molar refractivity (Wildman–Crippen MR) is 128 cm³/mol. The summed E-state index contributed by atoms with van der Waals surface area (Å²) >= 11 is 2.93. The van der Waals surface area contributed by atoms with Crippen LogP contribution in [0.15, 0.2) is 53.0 Å². The summed E-state index contributed by atoms with van der Waals surface area (Å²) < 4.78 is 1.89. The van der Waals surface area contributed by atoms with E-state index in [9.17, 15) is 9.59 Å². The number of aromatic nitrogens is 3. The number of primary amides is 1. The number of nitrogens with zero attached hydrogens (tertiary/aromatic N) is 5. The highest BCUT2D eigenvalue weighted by Crippen LogP contribution is 2.30. The Morgan fingerprint density at radius 2 is 1.84 bits per heavy atom. The van der Waals surface area contributed by atoms with Gasteiger partial charge in [-0.15, -0.1) is 21.5 Å². The fourth-order valence-corrected chi connectivity index (χ4v) is 5.35. The number of thiophene rings is 1. The smallest absolute Gasteiger partial charge is 0.236 e. The molecule has 10 heteroatoms. The van der Waals surface area contributed by atoms with Crippen LogP contribution in [0, 0.1) is 0 Å². The molecule has 2 aromatic heterocycles. The first-order valence-corrected chi connectivity index (χ1v) is 12.3. The van der Waals surface area contributed by atoms with Crippen LogP contribution in [0.2, 0.25) is 0 Å². The summed E-state index contributed by atoms with van der Waals surface area (Å²) in [6.07, 6.45) is 0.188. The summed E-state index contributed by atoms with van der Waals surface area (Å²) in [5.74, 6) is 0.400. The maximum absolute atomic E-state index is 13.1. The van der Waals surface area contributed by atoms with E-state index in [-0.39, 0.29) is 23.5 Å². The Bertz CT molecular complexity index is 1050. The maximum atomic E-state index is 13.1. The lowest BCUT2D eigenvalue weighted by atomic mass is 10.2. The predicted octanol–water partition coefficient (Wildman–Crippen LogP) is 2.71. The van der Waals surface area contributed by atoms with Gasteiger partial charge in [-0.1, -0.05) is 36.0 Å². The lowest BCUT2D eigenvalue weighted by Gasteiger charge is -2.37. The Morgan fingerprint density at radius 1 is 1.09 bits per heavy atom. The first kappa shape index (κ1) is 22.3. The molecule has 1 aliphatic heterocycles. The molecule has 1 saturated heterocycles. The SMILES string of the molecule is CC(Sc1nnc(-c2cccs2)n1CCC(N)=O)C(=O)N1CCN(c2ccccc2)CC1. The van der Waals surface area contributed by atoms with E-state index in [1.807, 2.05) is 52.1 Å². The number of carbonyl (C=O) groups is 2. The number of piperazine rings is 1. The molecular formula is C22H26N6O2S2. The molecule has 3 aromatic rings. The number of benzene rings is 1. The van der Waals surface area contributed by atoms with Crippen molar-refractivity contribution in [2.24, 2.45) is 5.73 Å². The van der Waals surface area contributed by atoms with E-state index in [0.717, 1.165) is 18.0 Å². The van der Waals surface area contributed by atoms with Gasteiger partial charge in [0.1, 0.15) is 0 Å². The molecule has 2 N–H and O–H groups in total. The van der Waals surface area contributed by atoms with Crippen LogP contribution in [0.3, 0.4) is 0 Å². The molecule has 4 rings (SSSR count). The number of rotatable bonds is 8. The number of nitrogens with two attached hydrogens (primary N) is 1. The molecule has 1 fully saturated rings. The van der Waals surface area contributed by atoms with E-state index in [1.54, 1.807) is 11.3 Å². The first-order chi connectivity index (χ1) is 15.5. The third kappa shape index (κ3) is 5.13. The number of para-hydroxylation sites is 1. The van der Waals surface area contributed by atoms with Gasteiger partial charge in [-0.25, -0.2) is 0 Å².